The van der Waals surface area contributed by atoms with E-state index in [1.807, 2.05) is 36.4 Å². The number of nitrogens with one attached hydrogen (secondary N) is 1. The van der Waals surface area contributed by atoms with Crippen molar-refractivity contribution in [2.75, 3.05) is 0 Å². The number of allylic oxidation sites excluding steroid dienone is 2. The van der Waals surface area contributed by atoms with Gasteiger partial charge in [0.1, 0.15) is 17.4 Å². The molecule has 1 amide bonds. The molecule has 0 spiro atoms. The van der Waals surface area contributed by atoms with Crippen LogP contribution in [0.2, 0.25) is 0 Å². The van der Waals surface area contributed by atoms with Crippen molar-refractivity contribution in [2.45, 2.75) is 50.2 Å². The molecular weight excluding hydrogens is 492 g/mol. The maximum absolute atomic E-state index is 13.2. The van der Waals surface area contributed by atoms with E-state index in [0.29, 0.717) is 22.3 Å². The van der Waals surface area contributed by atoms with Crippen molar-refractivity contribution >= 4 is 22.5 Å². The molecule has 39 heavy (non-hydrogen) atoms. The third-order valence-electron chi connectivity index (χ3n) is 8.01. The summed E-state index contributed by atoms with van der Waals surface area (Å²) in [5.41, 5.74) is 3.24. The Hall–Kier alpha value is -3.85. The van der Waals surface area contributed by atoms with Crippen LogP contribution in [0.5, 0.6) is 0 Å². The molecule has 0 unspecified atom stereocenters. The van der Waals surface area contributed by atoms with Crippen LogP contribution in [-0.2, 0) is 0 Å². The van der Waals surface area contributed by atoms with Gasteiger partial charge >= 0.3 is 0 Å². The smallest absolute Gasteiger partial charge is 0.257 e. The SMILES string of the molecule is C=C(C=CC(=C[NH2+]O)c1cccc(-n2cc(C(=O)NC3CC3)c(=O)c3cccnc32)c1)C(O)(C1CC1)C1CC1. The van der Waals surface area contributed by atoms with Crippen molar-refractivity contribution in [1.82, 2.24) is 14.9 Å². The molecule has 0 aliphatic heterocycles. The highest BCUT2D eigenvalue weighted by molar-refractivity contribution is 5.97. The van der Waals surface area contributed by atoms with E-state index < -0.39 is 5.60 Å². The van der Waals surface area contributed by atoms with E-state index >= 15 is 0 Å². The van der Waals surface area contributed by atoms with E-state index in [9.17, 15) is 19.9 Å². The number of nitrogens with two attached hydrogens (primary N) is 1. The van der Waals surface area contributed by atoms with Gasteiger partial charge in [-0.15, -0.1) is 0 Å². The summed E-state index contributed by atoms with van der Waals surface area (Å²) in [6.07, 6.45) is 14.4. The molecule has 3 aromatic rings. The number of carbonyl (C=O) groups is 1. The van der Waals surface area contributed by atoms with Crippen molar-refractivity contribution < 1.29 is 20.6 Å². The summed E-state index contributed by atoms with van der Waals surface area (Å²) in [5.74, 6) is 0.165. The summed E-state index contributed by atoms with van der Waals surface area (Å²) in [6.45, 7) is 4.22. The number of aliphatic hydroxyl groups is 1. The Morgan fingerprint density at radius 3 is 2.51 bits per heavy atom. The minimum absolute atomic E-state index is 0.0721. The molecule has 2 aromatic heterocycles. The summed E-state index contributed by atoms with van der Waals surface area (Å²) in [5, 5.41) is 24.3. The van der Waals surface area contributed by atoms with E-state index in [2.05, 4.69) is 16.9 Å². The van der Waals surface area contributed by atoms with Gasteiger partial charge in [0.15, 0.2) is 0 Å². The van der Waals surface area contributed by atoms with Crippen molar-refractivity contribution in [2.24, 2.45) is 11.8 Å². The molecule has 200 valence electrons. The number of aromatic nitrogens is 2. The minimum atomic E-state index is -0.857. The lowest BCUT2D eigenvalue weighted by Gasteiger charge is -2.29. The Kier molecular flexibility index (Phi) is 6.54. The van der Waals surface area contributed by atoms with Gasteiger partial charge < -0.3 is 15.0 Å². The van der Waals surface area contributed by atoms with Crippen LogP contribution in [0.3, 0.4) is 0 Å². The molecule has 3 aliphatic carbocycles. The molecular formula is C31H33N4O4+. The highest BCUT2D eigenvalue weighted by Gasteiger charge is 2.54. The van der Waals surface area contributed by atoms with Gasteiger partial charge in [-0.25, -0.2) is 10.2 Å². The third kappa shape index (κ3) is 4.98. The molecule has 0 atom stereocenters. The van der Waals surface area contributed by atoms with Crippen LogP contribution in [-0.4, -0.2) is 37.4 Å². The maximum atomic E-state index is 13.2. The average molecular weight is 526 g/mol. The number of benzene rings is 1. The topological polar surface area (TPSA) is 121 Å². The Bertz CT molecular complexity index is 1560. The first-order valence-electron chi connectivity index (χ1n) is 13.6. The first kappa shape index (κ1) is 25.4. The Labute approximate surface area is 226 Å². The fourth-order valence-corrected chi connectivity index (χ4v) is 5.40. The van der Waals surface area contributed by atoms with Gasteiger partial charge in [-0.05, 0) is 91.8 Å². The number of hydrogen-bond donors (Lipinski definition) is 4. The summed E-state index contributed by atoms with van der Waals surface area (Å²) < 4.78 is 1.75. The van der Waals surface area contributed by atoms with E-state index in [0.717, 1.165) is 55.1 Å². The first-order chi connectivity index (χ1) is 18.9. The lowest BCUT2D eigenvalue weighted by Crippen LogP contribution is -2.73. The first-order valence-corrected chi connectivity index (χ1v) is 13.6. The summed E-state index contributed by atoms with van der Waals surface area (Å²) in [6, 6.07) is 11.1. The average Bonchev–Trinajstić information content (AvgIpc) is 3.77. The van der Waals surface area contributed by atoms with Gasteiger partial charge in [-0.2, -0.15) is 5.48 Å². The number of fused-ring (bicyclic) bond motifs is 1. The lowest BCUT2D eigenvalue weighted by atomic mass is 9.84. The number of carbonyl (C=O) groups excluding carboxylic acids is 1. The zero-order chi connectivity index (χ0) is 27.1. The second-order valence-corrected chi connectivity index (χ2v) is 10.9. The van der Waals surface area contributed by atoms with Crippen LogP contribution in [0.4, 0.5) is 0 Å². The van der Waals surface area contributed by atoms with Crippen LogP contribution in [0.25, 0.3) is 22.3 Å². The molecule has 1 aromatic carbocycles. The van der Waals surface area contributed by atoms with Gasteiger partial charge in [0, 0.05) is 29.7 Å². The molecule has 5 N–H and O–H groups in total. The number of rotatable bonds is 10. The lowest BCUT2D eigenvalue weighted by molar-refractivity contribution is -0.837. The fourth-order valence-electron chi connectivity index (χ4n) is 5.40. The predicted octanol–water partition coefficient (Wildman–Crippen LogP) is 3.23. The predicted molar refractivity (Wildman–Crippen MR) is 148 cm³/mol. The van der Waals surface area contributed by atoms with Crippen LogP contribution in [0.15, 0.2) is 84.1 Å². The van der Waals surface area contributed by atoms with Crippen LogP contribution in [0.1, 0.15) is 54.4 Å². The second kappa shape index (κ2) is 10.0. The number of hydroxylamine groups is 1. The Morgan fingerprint density at radius 1 is 1.10 bits per heavy atom. The van der Waals surface area contributed by atoms with E-state index in [1.54, 1.807) is 35.3 Å². The molecule has 3 fully saturated rings. The minimum Gasteiger partial charge on any atom is -0.385 e. The fraction of sp³-hybridized carbons (Fsp3) is 0.323. The molecule has 0 radical (unpaired) electrons. The highest BCUT2D eigenvalue weighted by Crippen LogP contribution is 2.55. The summed E-state index contributed by atoms with van der Waals surface area (Å²) in [4.78, 5) is 30.5. The standard InChI is InChI=1S/C31H32N4O4/c1-19(31(38,22-9-10-22)23-11-12-23)7-8-21(17-33-39)20-4-2-5-25(16-20)35-18-27(30(37)34-24-13-14-24)28(36)26-6-3-15-32-29(26)35/h2-8,15-18,22-24,33,38-39H,1,9-14H2,(H,34,37)/p+1. The molecule has 3 aliphatic rings. The van der Waals surface area contributed by atoms with Crippen LogP contribution in [0, 0.1) is 11.8 Å². The van der Waals surface area contributed by atoms with Crippen molar-refractivity contribution in [3.8, 4) is 5.69 Å². The molecule has 3 saturated carbocycles. The zero-order valence-electron chi connectivity index (χ0n) is 21.7. The van der Waals surface area contributed by atoms with E-state index in [-0.39, 0.29) is 34.8 Å². The van der Waals surface area contributed by atoms with E-state index in [4.69, 9.17) is 0 Å². The maximum Gasteiger partial charge on any atom is 0.257 e. The quantitative estimate of drug-likeness (QED) is 0.239. The van der Waals surface area contributed by atoms with Crippen molar-refractivity contribution in [1.29, 1.82) is 0 Å². The second-order valence-electron chi connectivity index (χ2n) is 10.9. The van der Waals surface area contributed by atoms with Crippen molar-refractivity contribution in [3.05, 3.63) is 101 Å². The third-order valence-corrected chi connectivity index (χ3v) is 8.01. The number of nitrogens with zero attached hydrogens (tertiary/aromatic N) is 2. The molecule has 2 heterocycles. The number of quaternary nitrogens is 1. The molecule has 8 nitrogen and oxygen atoms in total. The van der Waals surface area contributed by atoms with Gasteiger partial charge in [0.25, 0.3) is 5.91 Å². The Morgan fingerprint density at radius 2 is 1.85 bits per heavy atom. The largest absolute Gasteiger partial charge is 0.385 e. The number of hydrogen-bond acceptors (Lipinski definition) is 5. The van der Waals surface area contributed by atoms with Gasteiger partial charge in [0.2, 0.25) is 5.43 Å². The molecule has 6 rings (SSSR count). The molecule has 8 heteroatoms. The number of pyridine rings is 2. The van der Waals surface area contributed by atoms with Gasteiger partial charge in [-0.3, -0.25) is 9.59 Å². The van der Waals surface area contributed by atoms with Crippen LogP contribution < -0.4 is 16.2 Å². The Balaban J connectivity index is 1.37. The molecule has 0 saturated heterocycles. The molecule has 0 bridgehead atoms. The van der Waals surface area contributed by atoms with Crippen molar-refractivity contribution in [3.63, 3.8) is 0 Å². The zero-order valence-corrected chi connectivity index (χ0v) is 21.7. The highest BCUT2D eigenvalue weighted by atomic mass is 16.5. The summed E-state index contributed by atoms with van der Waals surface area (Å²) >= 11 is 0. The van der Waals surface area contributed by atoms with Gasteiger partial charge in [0.05, 0.1) is 11.0 Å². The van der Waals surface area contributed by atoms with Gasteiger partial charge in [-0.1, -0.05) is 24.8 Å². The number of amides is 1. The van der Waals surface area contributed by atoms with Crippen LogP contribution >= 0.6 is 0 Å². The normalized spacial score (nSPS) is 18.1. The van der Waals surface area contributed by atoms with E-state index in [1.165, 1.54) is 0 Å². The summed E-state index contributed by atoms with van der Waals surface area (Å²) in [7, 11) is 0. The monoisotopic (exact) mass is 525 g/mol.